The molecule has 2 atom stereocenters. The van der Waals surface area contributed by atoms with Crippen LogP contribution in [-0.4, -0.2) is 104 Å². The van der Waals surface area contributed by atoms with Crippen LogP contribution in [0.25, 0.3) is 0 Å². The Bertz CT molecular complexity index is 1100. The molecule has 2 unspecified atom stereocenters. The third-order valence-corrected chi connectivity index (χ3v) is 8.38. The monoisotopic (exact) mass is 563 g/mol. The van der Waals surface area contributed by atoms with Gasteiger partial charge in [-0.15, -0.1) is 0 Å². The molecule has 38 heavy (non-hydrogen) atoms. The van der Waals surface area contributed by atoms with Crippen LogP contribution in [0.15, 0.2) is 18.7 Å². The summed E-state index contributed by atoms with van der Waals surface area (Å²) in [6.45, 7) is 7.63. The number of amides is 1. The van der Waals surface area contributed by atoms with Crippen LogP contribution >= 0.6 is 23.2 Å². The average Bonchev–Trinajstić information content (AvgIpc) is 2.94. The molecule has 2 aromatic heterocycles. The number of nitrogens with one attached hydrogen (secondary N) is 1. The molecule has 3 aliphatic heterocycles. The predicted molar refractivity (Wildman–Crippen MR) is 148 cm³/mol. The zero-order valence-corrected chi connectivity index (χ0v) is 23.4. The minimum atomic E-state index is -0.0283. The number of pyridine rings is 1. The van der Waals surface area contributed by atoms with Crippen LogP contribution < -0.4 is 15.1 Å². The van der Waals surface area contributed by atoms with Crippen molar-refractivity contribution in [2.24, 2.45) is 0 Å². The van der Waals surface area contributed by atoms with E-state index in [0.717, 1.165) is 69.1 Å². The largest absolute Gasteiger partial charge is 0.379 e. The van der Waals surface area contributed by atoms with Crippen molar-refractivity contribution in [3.63, 3.8) is 0 Å². The Morgan fingerprint density at radius 3 is 2.39 bits per heavy atom. The number of anilines is 2. The summed E-state index contributed by atoms with van der Waals surface area (Å²) >= 11 is 12.7. The lowest BCUT2D eigenvalue weighted by Crippen LogP contribution is -2.54. The first-order valence-corrected chi connectivity index (χ1v) is 14.0. The van der Waals surface area contributed by atoms with Gasteiger partial charge in [-0.05, 0) is 26.2 Å². The molecule has 206 valence electrons. The smallest absolute Gasteiger partial charge is 0.272 e. The summed E-state index contributed by atoms with van der Waals surface area (Å²) in [5.74, 6) is 0.774. The molecule has 0 spiro atoms. The fraction of sp³-hybridized carbons (Fsp3) is 0.615. The SMILES string of the molecule is COC1COCCC1NC1CCN(C(=O)c2ncnc(N3CCN(c4c(Cl)cncc4Cl)CC3)c2C)CC1. The fourth-order valence-electron chi connectivity index (χ4n) is 5.66. The molecule has 3 saturated heterocycles. The van der Waals surface area contributed by atoms with Crippen LogP contribution in [0.3, 0.4) is 0 Å². The van der Waals surface area contributed by atoms with Crippen LogP contribution in [0.1, 0.15) is 35.3 Å². The highest BCUT2D eigenvalue weighted by Gasteiger charge is 2.32. The Morgan fingerprint density at radius 1 is 1.03 bits per heavy atom. The standard InChI is InChI=1S/C26H35Cl2N7O3/c1-17-23(26(36)35-6-3-18(4-7-35)32-21-5-12-38-15-22(21)37-2)30-16-31-25(17)34-10-8-33(9-11-34)24-19(27)13-29-14-20(24)28/h13-14,16,18,21-22,32H,3-12,15H2,1-2H3. The van der Waals surface area contributed by atoms with Crippen molar-refractivity contribution in [3.05, 3.63) is 40.0 Å². The van der Waals surface area contributed by atoms with Gasteiger partial charge in [0.05, 0.1) is 28.4 Å². The van der Waals surface area contributed by atoms with Crippen molar-refractivity contribution >= 4 is 40.6 Å². The molecule has 0 bridgehead atoms. The van der Waals surface area contributed by atoms with E-state index in [0.29, 0.717) is 47.5 Å². The first-order chi connectivity index (χ1) is 18.5. The third kappa shape index (κ3) is 5.84. The van der Waals surface area contributed by atoms with Crippen LogP contribution in [0, 0.1) is 6.92 Å². The van der Waals surface area contributed by atoms with Crippen LogP contribution in [0.5, 0.6) is 0 Å². The number of carbonyl (C=O) groups excluding carboxylic acids is 1. The van der Waals surface area contributed by atoms with E-state index in [2.05, 4.69) is 30.1 Å². The maximum absolute atomic E-state index is 13.5. The van der Waals surface area contributed by atoms with Gasteiger partial charge in [-0.2, -0.15) is 0 Å². The zero-order valence-electron chi connectivity index (χ0n) is 21.9. The Hall–Kier alpha value is -2.24. The molecule has 5 heterocycles. The molecule has 3 fully saturated rings. The minimum absolute atomic E-state index is 0.0283. The van der Waals surface area contributed by atoms with Crippen LogP contribution in [-0.2, 0) is 9.47 Å². The van der Waals surface area contributed by atoms with E-state index in [1.54, 1.807) is 19.5 Å². The summed E-state index contributed by atoms with van der Waals surface area (Å²) in [5.41, 5.74) is 2.11. The van der Waals surface area contributed by atoms with Gasteiger partial charge in [0.1, 0.15) is 17.8 Å². The quantitative estimate of drug-likeness (QED) is 0.569. The highest BCUT2D eigenvalue weighted by Crippen LogP contribution is 2.34. The first kappa shape index (κ1) is 27.3. The van der Waals surface area contributed by atoms with Gasteiger partial charge in [-0.1, -0.05) is 23.2 Å². The number of aromatic nitrogens is 3. The van der Waals surface area contributed by atoms with Crippen molar-refractivity contribution in [1.82, 2.24) is 25.2 Å². The number of likely N-dealkylation sites (tertiary alicyclic amines) is 1. The summed E-state index contributed by atoms with van der Waals surface area (Å²) in [6.07, 6.45) is 7.55. The Kier molecular flexibility index (Phi) is 8.84. The molecule has 5 rings (SSSR count). The molecule has 10 nitrogen and oxygen atoms in total. The second kappa shape index (κ2) is 12.3. The van der Waals surface area contributed by atoms with E-state index in [-0.39, 0.29) is 12.0 Å². The number of piperazine rings is 1. The number of hydrogen-bond acceptors (Lipinski definition) is 9. The van der Waals surface area contributed by atoms with E-state index in [1.807, 2.05) is 11.8 Å². The van der Waals surface area contributed by atoms with E-state index in [9.17, 15) is 4.79 Å². The molecular formula is C26H35Cl2N7O3. The van der Waals surface area contributed by atoms with Crippen molar-refractivity contribution in [2.75, 3.05) is 69.4 Å². The van der Waals surface area contributed by atoms with Gasteiger partial charge in [-0.3, -0.25) is 9.78 Å². The minimum Gasteiger partial charge on any atom is -0.379 e. The molecule has 1 amide bonds. The maximum Gasteiger partial charge on any atom is 0.272 e. The number of methoxy groups -OCH3 is 1. The second-order valence-corrected chi connectivity index (χ2v) is 10.9. The van der Waals surface area contributed by atoms with Gasteiger partial charge in [0.2, 0.25) is 0 Å². The third-order valence-electron chi connectivity index (χ3n) is 7.82. The van der Waals surface area contributed by atoms with E-state index in [4.69, 9.17) is 32.7 Å². The average molecular weight is 565 g/mol. The number of nitrogens with zero attached hydrogens (tertiary/aromatic N) is 6. The van der Waals surface area contributed by atoms with Gasteiger partial charge >= 0.3 is 0 Å². The van der Waals surface area contributed by atoms with Crippen molar-refractivity contribution < 1.29 is 14.3 Å². The number of carbonyl (C=O) groups is 1. The lowest BCUT2D eigenvalue weighted by Gasteiger charge is -2.38. The molecule has 2 aromatic rings. The number of ether oxygens (including phenoxy) is 2. The van der Waals surface area contributed by atoms with E-state index in [1.165, 1.54) is 6.33 Å². The zero-order chi connectivity index (χ0) is 26.6. The highest BCUT2D eigenvalue weighted by atomic mass is 35.5. The van der Waals surface area contributed by atoms with Crippen molar-refractivity contribution in [1.29, 1.82) is 0 Å². The normalized spacial score (nSPS) is 23.1. The predicted octanol–water partition coefficient (Wildman–Crippen LogP) is 2.81. The Labute approximate surface area is 233 Å². The summed E-state index contributed by atoms with van der Waals surface area (Å²) in [7, 11) is 1.74. The summed E-state index contributed by atoms with van der Waals surface area (Å²) in [5, 5.41) is 4.83. The lowest BCUT2D eigenvalue weighted by atomic mass is 9.99. The van der Waals surface area contributed by atoms with Gasteiger partial charge in [-0.25, -0.2) is 9.97 Å². The first-order valence-electron chi connectivity index (χ1n) is 13.2. The maximum atomic E-state index is 13.5. The molecule has 3 aliphatic rings. The topological polar surface area (TPSA) is 96.0 Å². The molecule has 1 N–H and O–H groups in total. The lowest BCUT2D eigenvalue weighted by molar-refractivity contribution is -0.0533. The Morgan fingerprint density at radius 2 is 1.71 bits per heavy atom. The second-order valence-electron chi connectivity index (χ2n) is 10.1. The number of halogens is 2. The number of rotatable bonds is 6. The molecule has 0 saturated carbocycles. The van der Waals surface area contributed by atoms with E-state index < -0.39 is 0 Å². The molecule has 0 radical (unpaired) electrons. The van der Waals surface area contributed by atoms with Gasteiger partial charge < -0.3 is 29.5 Å². The van der Waals surface area contributed by atoms with E-state index >= 15 is 0 Å². The fourth-order valence-corrected chi connectivity index (χ4v) is 6.26. The summed E-state index contributed by atoms with van der Waals surface area (Å²) in [4.78, 5) is 32.8. The van der Waals surface area contributed by atoms with Crippen molar-refractivity contribution in [2.45, 2.75) is 44.4 Å². The molecular weight excluding hydrogens is 529 g/mol. The number of hydrogen-bond donors (Lipinski definition) is 1. The van der Waals surface area contributed by atoms with Crippen LogP contribution in [0.2, 0.25) is 10.0 Å². The summed E-state index contributed by atoms with van der Waals surface area (Å²) < 4.78 is 11.1. The Balaban J connectivity index is 1.19. The van der Waals surface area contributed by atoms with Crippen molar-refractivity contribution in [3.8, 4) is 0 Å². The highest BCUT2D eigenvalue weighted by molar-refractivity contribution is 6.38. The summed E-state index contributed by atoms with van der Waals surface area (Å²) in [6, 6.07) is 0.652. The molecule has 0 aliphatic carbocycles. The van der Waals surface area contributed by atoms with Gasteiger partial charge in [0.15, 0.2) is 0 Å². The molecule has 12 heteroatoms. The van der Waals surface area contributed by atoms with Gasteiger partial charge in [0.25, 0.3) is 5.91 Å². The number of piperidine rings is 1. The van der Waals surface area contributed by atoms with Gasteiger partial charge in [0, 0.05) is 83.0 Å². The van der Waals surface area contributed by atoms with Crippen LogP contribution in [0.4, 0.5) is 11.5 Å². The molecule has 0 aromatic carbocycles.